The van der Waals surface area contributed by atoms with Gasteiger partial charge in [-0.05, 0) is 61.1 Å². The van der Waals surface area contributed by atoms with Crippen LogP contribution in [0.4, 0.5) is 4.39 Å². The van der Waals surface area contributed by atoms with Gasteiger partial charge in [-0.3, -0.25) is 4.79 Å². The summed E-state index contributed by atoms with van der Waals surface area (Å²) in [6.07, 6.45) is 0.948. The first-order valence-corrected chi connectivity index (χ1v) is 9.86. The second-order valence-electron chi connectivity index (χ2n) is 5.84. The molecule has 0 atom stereocenters. The number of primary amides is 1. The first-order chi connectivity index (χ1) is 13.1. The maximum atomic E-state index is 12.9. The van der Waals surface area contributed by atoms with E-state index in [2.05, 4.69) is 15.6 Å². The number of halogens is 1. The zero-order valence-electron chi connectivity index (χ0n) is 15.4. The van der Waals surface area contributed by atoms with Crippen molar-refractivity contribution in [1.82, 2.24) is 10.6 Å². The Bertz CT molecular complexity index is 765. The third-order valence-corrected chi connectivity index (χ3v) is 4.77. The van der Waals surface area contributed by atoms with E-state index in [0.29, 0.717) is 12.1 Å². The van der Waals surface area contributed by atoms with Gasteiger partial charge in [0.1, 0.15) is 5.82 Å². The van der Waals surface area contributed by atoms with E-state index in [9.17, 15) is 9.18 Å². The van der Waals surface area contributed by atoms with Gasteiger partial charge in [0.05, 0.1) is 6.54 Å². The van der Waals surface area contributed by atoms with Crippen molar-refractivity contribution in [2.75, 3.05) is 18.8 Å². The van der Waals surface area contributed by atoms with Crippen LogP contribution in [0.2, 0.25) is 0 Å². The maximum Gasteiger partial charge on any atom is 0.248 e. The van der Waals surface area contributed by atoms with E-state index in [1.54, 1.807) is 42.1 Å². The van der Waals surface area contributed by atoms with E-state index in [1.807, 2.05) is 13.0 Å². The van der Waals surface area contributed by atoms with E-state index in [0.717, 1.165) is 41.7 Å². The van der Waals surface area contributed by atoms with Crippen molar-refractivity contribution in [3.63, 3.8) is 0 Å². The maximum absolute atomic E-state index is 12.9. The highest BCUT2D eigenvalue weighted by atomic mass is 32.2. The Labute approximate surface area is 163 Å². The summed E-state index contributed by atoms with van der Waals surface area (Å²) >= 11 is 1.70. The molecule has 0 saturated heterocycles. The van der Waals surface area contributed by atoms with Crippen LogP contribution in [-0.2, 0) is 6.54 Å². The van der Waals surface area contributed by atoms with Crippen LogP contribution in [0.15, 0.2) is 58.4 Å². The minimum atomic E-state index is -0.440. The number of nitrogens with zero attached hydrogens (tertiary/aromatic N) is 1. The quantitative estimate of drug-likeness (QED) is 0.267. The number of carbonyl (C=O) groups excluding carboxylic acids is 1. The predicted molar refractivity (Wildman–Crippen MR) is 110 cm³/mol. The first kappa shape index (κ1) is 20.8. The molecule has 0 aliphatic carbocycles. The molecule has 0 fully saturated rings. The van der Waals surface area contributed by atoms with Crippen molar-refractivity contribution >= 4 is 23.6 Å². The highest BCUT2D eigenvalue weighted by Crippen LogP contribution is 2.18. The van der Waals surface area contributed by atoms with Gasteiger partial charge in [-0.2, -0.15) is 0 Å². The fourth-order valence-corrected chi connectivity index (χ4v) is 3.19. The number of thioether (sulfide) groups is 1. The fraction of sp³-hybridized carbons (Fsp3) is 0.300. The van der Waals surface area contributed by atoms with Gasteiger partial charge >= 0.3 is 0 Å². The van der Waals surface area contributed by atoms with Gasteiger partial charge in [0.15, 0.2) is 5.96 Å². The van der Waals surface area contributed by atoms with Gasteiger partial charge in [-0.25, -0.2) is 9.38 Å². The molecule has 0 heterocycles. The van der Waals surface area contributed by atoms with Crippen LogP contribution >= 0.6 is 11.8 Å². The summed E-state index contributed by atoms with van der Waals surface area (Å²) in [5.74, 6) is 1.01. The summed E-state index contributed by atoms with van der Waals surface area (Å²) in [5, 5.41) is 6.50. The molecule has 7 heteroatoms. The number of rotatable bonds is 9. The van der Waals surface area contributed by atoms with Crippen LogP contribution in [0.5, 0.6) is 0 Å². The molecule has 144 valence electrons. The minimum absolute atomic E-state index is 0.214. The molecule has 0 aliphatic heterocycles. The highest BCUT2D eigenvalue weighted by Gasteiger charge is 2.02. The lowest BCUT2D eigenvalue weighted by Crippen LogP contribution is -2.37. The van der Waals surface area contributed by atoms with Gasteiger partial charge in [0.2, 0.25) is 5.91 Å². The lowest BCUT2D eigenvalue weighted by molar-refractivity contribution is 0.1000. The lowest BCUT2D eigenvalue weighted by Gasteiger charge is -2.11. The number of guanidine groups is 1. The van der Waals surface area contributed by atoms with Gasteiger partial charge in [-0.15, -0.1) is 11.8 Å². The van der Waals surface area contributed by atoms with E-state index in [-0.39, 0.29) is 5.82 Å². The smallest absolute Gasteiger partial charge is 0.248 e. The second-order valence-corrected chi connectivity index (χ2v) is 7.01. The number of amides is 1. The molecule has 27 heavy (non-hydrogen) atoms. The van der Waals surface area contributed by atoms with Gasteiger partial charge in [0, 0.05) is 23.5 Å². The van der Waals surface area contributed by atoms with Crippen molar-refractivity contribution in [3.8, 4) is 0 Å². The normalized spacial score (nSPS) is 11.3. The van der Waals surface area contributed by atoms with E-state index >= 15 is 0 Å². The summed E-state index contributed by atoms with van der Waals surface area (Å²) in [6.45, 7) is 4.01. The zero-order chi connectivity index (χ0) is 19.5. The molecular formula is C20H25FN4OS. The molecule has 0 aliphatic rings. The Morgan fingerprint density at radius 1 is 1.19 bits per heavy atom. The second kappa shape index (κ2) is 11.2. The molecule has 0 unspecified atom stereocenters. The Kier molecular flexibility index (Phi) is 8.64. The Balaban J connectivity index is 1.78. The minimum Gasteiger partial charge on any atom is -0.366 e. The topological polar surface area (TPSA) is 79.5 Å². The Morgan fingerprint density at radius 2 is 1.96 bits per heavy atom. The van der Waals surface area contributed by atoms with Crippen LogP contribution in [0, 0.1) is 5.82 Å². The van der Waals surface area contributed by atoms with Gasteiger partial charge < -0.3 is 16.4 Å². The molecular weight excluding hydrogens is 363 g/mol. The summed E-state index contributed by atoms with van der Waals surface area (Å²) in [7, 11) is 0. The number of hydrogen-bond donors (Lipinski definition) is 3. The average molecular weight is 389 g/mol. The van der Waals surface area contributed by atoms with Crippen LogP contribution < -0.4 is 16.4 Å². The zero-order valence-corrected chi connectivity index (χ0v) is 16.2. The number of aliphatic imine (C=N–C) groups is 1. The molecule has 0 radical (unpaired) electrons. The van der Waals surface area contributed by atoms with Crippen molar-refractivity contribution < 1.29 is 9.18 Å². The predicted octanol–water partition coefficient (Wildman–Crippen LogP) is 3.16. The number of nitrogens with one attached hydrogen (secondary N) is 2. The molecule has 5 nitrogen and oxygen atoms in total. The van der Waals surface area contributed by atoms with Crippen molar-refractivity contribution in [1.29, 1.82) is 0 Å². The van der Waals surface area contributed by atoms with Gasteiger partial charge in [0.25, 0.3) is 0 Å². The molecule has 2 aromatic rings. The number of carbonyl (C=O) groups is 1. The Hall–Kier alpha value is -2.54. The first-order valence-electron chi connectivity index (χ1n) is 8.87. The van der Waals surface area contributed by atoms with Crippen molar-refractivity contribution in [2.24, 2.45) is 10.7 Å². The third-order valence-electron chi connectivity index (χ3n) is 3.67. The van der Waals surface area contributed by atoms with Crippen LogP contribution in [0.1, 0.15) is 29.3 Å². The molecule has 2 aromatic carbocycles. The summed E-state index contributed by atoms with van der Waals surface area (Å²) in [4.78, 5) is 16.9. The number of hydrogen-bond acceptors (Lipinski definition) is 3. The Morgan fingerprint density at radius 3 is 2.67 bits per heavy atom. The molecule has 1 amide bonds. The van der Waals surface area contributed by atoms with E-state index in [4.69, 9.17) is 5.73 Å². The molecule has 2 rings (SSSR count). The summed E-state index contributed by atoms with van der Waals surface area (Å²) < 4.78 is 12.9. The van der Waals surface area contributed by atoms with Crippen molar-refractivity contribution in [3.05, 3.63) is 65.5 Å². The van der Waals surface area contributed by atoms with Crippen LogP contribution in [0.3, 0.4) is 0 Å². The summed E-state index contributed by atoms with van der Waals surface area (Å²) in [5.41, 5.74) is 6.72. The van der Waals surface area contributed by atoms with Crippen molar-refractivity contribution in [2.45, 2.75) is 24.8 Å². The monoisotopic (exact) mass is 388 g/mol. The van der Waals surface area contributed by atoms with Crippen LogP contribution in [0.25, 0.3) is 0 Å². The SMILES string of the molecule is CCNC(=NCc1cccc(C(N)=O)c1)NCCCSc1ccc(F)cc1. The molecule has 0 saturated carbocycles. The lowest BCUT2D eigenvalue weighted by atomic mass is 10.1. The fourth-order valence-electron chi connectivity index (χ4n) is 2.33. The van der Waals surface area contributed by atoms with E-state index < -0.39 is 5.91 Å². The molecule has 0 aromatic heterocycles. The van der Waals surface area contributed by atoms with Gasteiger partial charge in [-0.1, -0.05) is 12.1 Å². The molecule has 0 bridgehead atoms. The molecule has 4 N–H and O–H groups in total. The molecule has 0 spiro atoms. The van der Waals surface area contributed by atoms with E-state index in [1.165, 1.54) is 12.1 Å². The average Bonchev–Trinajstić information content (AvgIpc) is 2.67. The number of nitrogens with two attached hydrogens (primary N) is 1. The third kappa shape index (κ3) is 7.70. The summed E-state index contributed by atoms with van der Waals surface area (Å²) in [6, 6.07) is 13.7. The largest absolute Gasteiger partial charge is 0.366 e. The highest BCUT2D eigenvalue weighted by molar-refractivity contribution is 7.99. The van der Waals surface area contributed by atoms with Crippen LogP contribution in [-0.4, -0.2) is 30.7 Å². The standard InChI is InChI=1S/C20H25FN4OS/c1-2-23-20(25-14-15-5-3-6-16(13-15)19(22)26)24-11-4-12-27-18-9-7-17(21)8-10-18/h3,5-10,13H,2,4,11-12,14H2,1H3,(H2,22,26)(H2,23,24,25). The number of benzene rings is 2.